The van der Waals surface area contributed by atoms with Crippen molar-refractivity contribution >= 4 is 40.8 Å². The Morgan fingerprint density at radius 1 is 1.06 bits per heavy atom. The maximum absolute atomic E-state index is 12.6. The average Bonchev–Trinajstić information content (AvgIpc) is 3.27. The maximum atomic E-state index is 12.6. The highest BCUT2D eigenvalue weighted by molar-refractivity contribution is 6.31. The van der Waals surface area contributed by atoms with Gasteiger partial charge >= 0.3 is 5.97 Å². The number of carbonyl (C=O) groups is 3. The number of halogens is 1. The predicted octanol–water partition coefficient (Wildman–Crippen LogP) is 4.98. The fourth-order valence-corrected chi connectivity index (χ4v) is 3.98. The average molecular weight is 509 g/mol. The van der Waals surface area contributed by atoms with Gasteiger partial charge < -0.3 is 24.4 Å². The topological polar surface area (TPSA) is 94.2 Å². The van der Waals surface area contributed by atoms with Gasteiger partial charge in [-0.3, -0.25) is 14.4 Å². The molecule has 186 valence electrons. The van der Waals surface area contributed by atoms with Gasteiger partial charge in [0.25, 0.3) is 5.91 Å². The molecule has 0 bridgehead atoms. The molecule has 3 aromatic rings. The van der Waals surface area contributed by atoms with Gasteiger partial charge in [-0.15, -0.1) is 0 Å². The Morgan fingerprint density at radius 2 is 1.78 bits per heavy atom. The van der Waals surface area contributed by atoms with Crippen LogP contribution in [0, 0.1) is 12.8 Å². The molecule has 1 aliphatic rings. The minimum absolute atomic E-state index is 0.00726. The molecule has 1 fully saturated rings. The molecule has 8 nitrogen and oxygen atoms in total. The molecular formula is C27H25ClN2O6. The van der Waals surface area contributed by atoms with Gasteiger partial charge in [-0.2, -0.15) is 0 Å². The van der Waals surface area contributed by atoms with Gasteiger partial charge in [0.2, 0.25) is 5.91 Å². The standard InChI is InChI=1S/C27H25ClN2O6/c1-17-7-8-19(28)14-22(17)29-25(31)16-35-27(33)18-13-26(32)30(15-18)20-9-11-21(12-10-20)36-24-6-4-3-5-23(24)34-2/h3-12,14,18H,13,15-16H2,1-2H3,(H,29,31)/t18-/m0/s1. The quantitative estimate of drug-likeness (QED) is 0.431. The van der Waals surface area contributed by atoms with Crippen molar-refractivity contribution in [2.24, 2.45) is 5.92 Å². The van der Waals surface area contributed by atoms with E-state index in [-0.39, 0.29) is 18.9 Å². The van der Waals surface area contributed by atoms with E-state index < -0.39 is 24.4 Å². The molecule has 1 heterocycles. The lowest BCUT2D eigenvalue weighted by Crippen LogP contribution is -2.28. The summed E-state index contributed by atoms with van der Waals surface area (Å²) in [6.07, 6.45) is 0.00726. The molecule has 1 N–H and O–H groups in total. The summed E-state index contributed by atoms with van der Waals surface area (Å²) in [5.41, 5.74) is 2.01. The molecule has 9 heteroatoms. The normalized spacial score (nSPS) is 14.9. The fourth-order valence-electron chi connectivity index (χ4n) is 3.81. The van der Waals surface area contributed by atoms with Crippen molar-refractivity contribution in [3.8, 4) is 17.2 Å². The summed E-state index contributed by atoms with van der Waals surface area (Å²) >= 11 is 5.96. The molecule has 4 rings (SSSR count). The van der Waals surface area contributed by atoms with Gasteiger partial charge in [0.1, 0.15) is 5.75 Å². The summed E-state index contributed by atoms with van der Waals surface area (Å²) in [4.78, 5) is 38.8. The highest BCUT2D eigenvalue weighted by Crippen LogP contribution is 2.33. The summed E-state index contributed by atoms with van der Waals surface area (Å²) < 4.78 is 16.3. The molecule has 3 aromatic carbocycles. The Balaban J connectivity index is 1.31. The maximum Gasteiger partial charge on any atom is 0.311 e. The van der Waals surface area contributed by atoms with Crippen LogP contribution in [-0.4, -0.2) is 38.0 Å². The third-order valence-electron chi connectivity index (χ3n) is 5.72. The zero-order chi connectivity index (χ0) is 25.7. The van der Waals surface area contributed by atoms with E-state index >= 15 is 0 Å². The number of anilines is 2. The molecule has 1 atom stereocenters. The van der Waals surface area contributed by atoms with Gasteiger partial charge in [0.05, 0.1) is 13.0 Å². The number of benzene rings is 3. The zero-order valence-corrected chi connectivity index (χ0v) is 20.6. The lowest BCUT2D eigenvalue weighted by atomic mass is 10.1. The molecule has 0 radical (unpaired) electrons. The summed E-state index contributed by atoms with van der Waals surface area (Å²) in [7, 11) is 1.57. The molecule has 1 saturated heterocycles. The molecule has 0 aromatic heterocycles. The summed E-state index contributed by atoms with van der Waals surface area (Å²) in [6.45, 7) is 1.54. The van der Waals surface area contributed by atoms with E-state index in [1.54, 1.807) is 61.7 Å². The van der Waals surface area contributed by atoms with Crippen LogP contribution in [0.25, 0.3) is 0 Å². The monoisotopic (exact) mass is 508 g/mol. The number of nitrogens with one attached hydrogen (secondary N) is 1. The largest absolute Gasteiger partial charge is 0.493 e. The predicted molar refractivity (Wildman–Crippen MR) is 136 cm³/mol. The third kappa shape index (κ3) is 5.95. The molecule has 0 saturated carbocycles. The molecule has 1 aliphatic heterocycles. The van der Waals surface area contributed by atoms with Crippen LogP contribution < -0.4 is 19.7 Å². The molecule has 0 aliphatic carbocycles. The third-order valence-corrected chi connectivity index (χ3v) is 5.96. The first kappa shape index (κ1) is 25.1. The van der Waals surface area contributed by atoms with Crippen molar-refractivity contribution in [3.63, 3.8) is 0 Å². The number of hydrogen-bond donors (Lipinski definition) is 1. The summed E-state index contributed by atoms with van der Waals surface area (Å²) in [5, 5.41) is 3.16. The Hall–Kier alpha value is -4.04. The second-order valence-corrected chi connectivity index (χ2v) is 8.70. The van der Waals surface area contributed by atoms with E-state index in [1.807, 2.05) is 19.1 Å². The van der Waals surface area contributed by atoms with E-state index in [9.17, 15) is 14.4 Å². The molecule has 0 unspecified atom stereocenters. The number of carbonyl (C=O) groups excluding carboxylic acids is 3. The van der Waals surface area contributed by atoms with Crippen LogP contribution in [0.3, 0.4) is 0 Å². The van der Waals surface area contributed by atoms with Crippen LogP contribution in [0.5, 0.6) is 17.2 Å². The van der Waals surface area contributed by atoms with Gasteiger partial charge in [-0.25, -0.2) is 0 Å². The van der Waals surface area contributed by atoms with E-state index in [2.05, 4.69) is 5.32 Å². The van der Waals surface area contributed by atoms with E-state index in [1.165, 1.54) is 4.90 Å². The minimum atomic E-state index is -0.664. The van der Waals surface area contributed by atoms with Crippen molar-refractivity contribution in [3.05, 3.63) is 77.3 Å². The van der Waals surface area contributed by atoms with Gasteiger partial charge in [0.15, 0.2) is 18.1 Å². The lowest BCUT2D eigenvalue weighted by Gasteiger charge is -2.17. The van der Waals surface area contributed by atoms with Crippen molar-refractivity contribution in [2.75, 3.05) is 30.5 Å². The SMILES string of the molecule is COc1ccccc1Oc1ccc(N2C[C@@H](C(=O)OCC(=O)Nc3cc(Cl)ccc3C)CC2=O)cc1. The Kier molecular flexibility index (Phi) is 7.75. The van der Waals surface area contributed by atoms with Crippen LogP contribution in [0.2, 0.25) is 5.02 Å². The number of para-hydroxylation sites is 2. The molecule has 36 heavy (non-hydrogen) atoms. The van der Waals surface area contributed by atoms with Crippen LogP contribution in [0.4, 0.5) is 11.4 Å². The van der Waals surface area contributed by atoms with Crippen molar-refractivity contribution in [1.82, 2.24) is 0 Å². The zero-order valence-electron chi connectivity index (χ0n) is 19.8. The highest BCUT2D eigenvalue weighted by atomic mass is 35.5. The smallest absolute Gasteiger partial charge is 0.311 e. The Morgan fingerprint density at radius 3 is 2.50 bits per heavy atom. The van der Waals surface area contributed by atoms with E-state index in [4.69, 9.17) is 25.8 Å². The van der Waals surface area contributed by atoms with Crippen molar-refractivity contribution in [1.29, 1.82) is 0 Å². The van der Waals surface area contributed by atoms with E-state index in [0.717, 1.165) is 5.56 Å². The van der Waals surface area contributed by atoms with Gasteiger partial charge in [0, 0.05) is 29.4 Å². The van der Waals surface area contributed by atoms with Crippen LogP contribution in [-0.2, 0) is 19.1 Å². The molecule has 0 spiro atoms. The second kappa shape index (κ2) is 11.1. The summed E-state index contributed by atoms with van der Waals surface area (Å²) in [5.74, 6) is -0.194. The number of rotatable bonds is 8. The highest BCUT2D eigenvalue weighted by Gasteiger charge is 2.36. The lowest BCUT2D eigenvalue weighted by molar-refractivity contribution is -0.151. The molecular weight excluding hydrogens is 484 g/mol. The van der Waals surface area contributed by atoms with E-state index in [0.29, 0.717) is 33.6 Å². The molecule has 2 amide bonds. The van der Waals surface area contributed by atoms with Crippen molar-refractivity contribution in [2.45, 2.75) is 13.3 Å². The van der Waals surface area contributed by atoms with Gasteiger partial charge in [-0.05, 0) is 61.0 Å². The second-order valence-electron chi connectivity index (χ2n) is 8.27. The first-order chi connectivity index (χ1) is 17.3. The fraction of sp³-hybridized carbons (Fsp3) is 0.222. The number of aryl methyl sites for hydroxylation is 1. The minimum Gasteiger partial charge on any atom is -0.493 e. The summed E-state index contributed by atoms with van der Waals surface area (Å²) in [6, 6.07) is 19.4. The number of esters is 1. The van der Waals surface area contributed by atoms with Crippen molar-refractivity contribution < 1.29 is 28.6 Å². The Bertz CT molecular complexity index is 1280. The van der Waals surface area contributed by atoms with Gasteiger partial charge in [-0.1, -0.05) is 29.8 Å². The van der Waals surface area contributed by atoms with Crippen LogP contribution >= 0.6 is 11.6 Å². The number of ether oxygens (including phenoxy) is 3. The first-order valence-corrected chi connectivity index (χ1v) is 11.7. The number of methoxy groups -OCH3 is 1. The first-order valence-electron chi connectivity index (χ1n) is 11.3. The van der Waals surface area contributed by atoms with Crippen LogP contribution in [0.1, 0.15) is 12.0 Å². The Labute approximate surface area is 213 Å². The number of amides is 2. The van der Waals surface area contributed by atoms with Crippen LogP contribution in [0.15, 0.2) is 66.7 Å². The number of nitrogens with zero attached hydrogens (tertiary/aromatic N) is 1. The number of hydrogen-bond acceptors (Lipinski definition) is 6.